The van der Waals surface area contributed by atoms with E-state index in [9.17, 15) is 0 Å². The van der Waals surface area contributed by atoms with Gasteiger partial charge in [0.15, 0.2) is 0 Å². The Labute approximate surface area is 143 Å². The smallest absolute Gasteiger partial charge is 0.209 e. The van der Waals surface area contributed by atoms with E-state index in [0.717, 1.165) is 33.7 Å². The van der Waals surface area contributed by atoms with E-state index in [2.05, 4.69) is 32.3 Å². The molecule has 3 N–H and O–H groups in total. The summed E-state index contributed by atoms with van der Waals surface area (Å²) in [4.78, 5) is 0. The molecule has 2 aromatic heterocycles. The lowest BCUT2D eigenvalue weighted by atomic mass is 9.82. The van der Waals surface area contributed by atoms with E-state index in [1.54, 1.807) is 11.3 Å². The first kappa shape index (κ1) is 15.0. The van der Waals surface area contributed by atoms with Crippen LogP contribution in [0.4, 0.5) is 10.3 Å². The third-order valence-corrected chi connectivity index (χ3v) is 6.52. The van der Waals surface area contributed by atoms with Crippen LogP contribution in [0.5, 0.6) is 0 Å². The maximum atomic E-state index is 5.72. The van der Waals surface area contributed by atoms with E-state index in [1.165, 1.54) is 37.0 Å². The fourth-order valence-corrected chi connectivity index (χ4v) is 4.85. The van der Waals surface area contributed by atoms with Gasteiger partial charge in [0, 0.05) is 17.5 Å². The topological polar surface area (TPSA) is 89.6 Å². The number of aromatic nitrogens is 4. The monoisotopic (exact) mass is 348 g/mol. The van der Waals surface area contributed by atoms with Gasteiger partial charge < -0.3 is 11.1 Å². The summed E-state index contributed by atoms with van der Waals surface area (Å²) in [6.45, 7) is 4.09. The van der Waals surface area contributed by atoms with Crippen molar-refractivity contribution in [2.75, 3.05) is 11.1 Å². The van der Waals surface area contributed by atoms with Crippen LogP contribution < -0.4 is 11.1 Å². The summed E-state index contributed by atoms with van der Waals surface area (Å²) >= 11 is 3.18. The standard InChI is InChI=1S/C15H20N6S2/c1-8(9-5-6-9)17-15-21-19-13(23-15)11-4-2-3-10(7-11)12-18-20-14(16)22-12/h9-11H,1-7H2,(H2,16,20)(H,17,21)/t10-,11-/m0/s1. The van der Waals surface area contributed by atoms with Crippen molar-refractivity contribution in [2.45, 2.75) is 50.4 Å². The highest BCUT2D eigenvalue weighted by molar-refractivity contribution is 7.15. The molecule has 122 valence electrons. The largest absolute Gasteiger partial charge is 0.374 e. The first-order chi connectivity index (χ1) is 11.2. The van der Waals surface area contributed by atoms with Crippen LogP contribution in [0.1, 0.15) is 60.4 Å². The van der Waals surface area contributed by atoms with Crippen LogP contribution in [0.25, 0.3) is 0 Å². The Balaban J connectivity index is 1.43. The quantitative estimate of drug-likeness (QED) is 0.855. The minimum absolute atomic E-state index is 0.449. The number of nitrogens with one attached hydrogen (secondary N) is 1. The molecule has 4 rings (SSSR count). The van der Waals surface area contributed by atoms with Crippen LogP contribution in [0.15, 0.2) is 12.3 Å². The van der Waals surface area contributed by atoms with Crippen LogP contribution in [-0.2, 0) is 0 Å². The number of nitrogen functional groups attached to an aromatic ring is 1. The molecule has 6 nitrogen and oxygen atoms in total. The van der Waals surface area contributed by atoms with Gasteiger partial charge in [-0.3, -0.25) is 0 Å². The normalized spacial score (nSPS) is 24.5. The molecule has 0 saturated heterocycles. The third kappa shape index (κ3) is 3.37. The molecule has 0 radical (unpaired) electrons. The van der Waals surface area contributed by atoms with Gasteiger partial charge in [0.25, 0.3) is 0 Å². The van der Waals surface area contributed by atoms with Crippen LogP contribution in [0, 0.1) is 5.92 Å². The molecular weight excluding hydrogens is 328 g/mol. The average molecular weight is 349 g/mol. The molecule has 0 aliphatic heterocycles. The van der Waals surface area contributed by atoms with E-state index in [4.69, 9.17) is 5.73 Å². The van der Waals surface area contributed by atoms with Crippen LogP contribution in [0.3, 0.4) is 0 Å². The first-order valence-corrected chi connectivity index (χ1v) is 9.70. The van der Waals surface area contributed by atoms with Crippen LogP contribution in [0.2, 0.25) is 0 Å². The van der Waals surface area contributed by atoms with E-state index in [0.29, 0.717) is 22.9 Å². The van der Waals surface area contributed by atoms with E-state index >= 15 is 0 Å². The Morgan fingerprint density at radius 2 is 1.70 bits per heavy atom. The minimum Gasteiger partial charge on any atom is -0.374 e. The number of allylic oxidation sites excluding steroid dienone is 1. The Hall–Kier alpha value is -1.54. The highest BCUT2D eigenvalue weighted by Crippen LogP contribution is 2.43. The summed E-state index contributed by atoms with van der Waals surface area (Å²) in [6.07, 6.45) is 7.06. The van der Waals surface area contributed by atoms with Crippen molar-refractivity contribution in [1.29, 1.82) is 0 Å². The van der Waals surface area contributed by atoms with Crippen LogP contribution >= 0.6 is 22.7 Å². The molecular formula is C15H20N6S2. The highest BCUT2D eigenvalue weighted by Gasteiger charge is 2.30. The fraction of sp³-hybridized carbons (Fsp3) is 0.600. The maximum Gasteiger partial charge on any atom is 0.209 e. The SMILES string of the molecule is C=C(Nc1nnc([C@H]2CCC[C@H](c3nnc(N)s3)C2)s1)C1CC1. The second kappa shape index (κ2) is 6.16. The molecule has 2 heterocycles. The van der Waals surface area contributed by atoms with Gasteiger partial charge in [0.2, 0.25) is 10.3 Å². The van der Waals surface area contributed by atoms with Crippen molar-refractivity contribution in [3.8, 4) is 0 Å². The van der Waals surface area contributed by atoms with Crippen LogP contribution in [-0.4, -0.2) is 20.4 Å². The first-order valence-electron chi connectivity index (χ1n) is 8.07. The van der Waals surface area contributed by atoms with Gasteiger partial charge in [-0.1, -0.05) is 35.7 Å². The molecule has 8 heteroatoms. The molecule has 0 spiro atoms. The second-order valence-corrected chi connectivity index (χ2v) is 8.46. The molecule has 2 aromatic rings. The van der Waals surface area contributed by atoms with Gasteiger partial charge in [-0.15, -0.1) is 20.4 Å². The minimum atomic E-state index is 0.449. The second-order valence-electron chi connectivity index (χ2n) is 6.41. The molecule has 2 aliphatic carbocycles. The molecule has 0 aromatic carbocycles. The molecule has 2 aliphatic rings. The van der Waals surface area contributed by atoms with E-state index in [1.807, 2.05) is 0 Å². The summed E-state index contributed by atoms with van der Waals surface area (Å²) in [6, 6.07) is 0. The number of rotatable bonds is 5. The number of nitrogens with two attached hydrogens (primary N) is 1. The molecule has 23 heavy (non-hydrogen) atoms. The zero-order valence-electron chi connectivity index (χ0n) is 12.9. The molecule has 2 atom stereocenters. The van der Waals surface area contributed by atoms with Crippen molar-refractivity contribution in [3.63, 3.8) is 0 Å². The highest BCUT2D eigenvalue weighted by atomic mass is 32.1. The number of anilines is 2. The summed E-state index contributed by atoms with van der Waals surface area (Å²) in [5.74, 6) is 1.54. The lowest BCUT2D eigenvalue weighted by molar-refractivity contribution is 0.390. The Bertz CT molecular complexity index is 704. The van der Waals surface area contributed by atoms with Gasteiger partial charge in [0.1, 0.15) is 10.0 Å². The van der Waals surface area contributed by atoms with Gasteiger partial charge in [0.05, 0.1) is 0 Å². The number of hydrogen-bond acceptors (Lipinski definition) is 8. The molecule has 2 fully saturated rings. The molecule has 0 bridgehead atoms. The van der Waals surface area contributed by atoms with E-state index in [-0.39, 0.29) is 0 Å². The zero-order valence-corrected chi connectivity index (χ0v) is 14.5. The van der Waals surface area contributed by atoms with E-state index < -0.39 is 0 Å². The zero-order chi connectivity index (χ0) is 15.8. The van der Waals surface area contributed by atoms with Crippen molar-refractivity contribution < 1.29 is 0 Å². The van der Waals surface area contributed by atoms with Gasteiger partial charge in [-0.05, 0) is 38.0 Å². The van der Waals surface area contributed by atoms with Gasteiger partial charge in [-0.2, -0.15) is 0 Å². The third-order valence-electron chi connectivity index (χ3n) is 4.61. The van der Waals surface area contributed by atoms with Crippen molar-refractivity contribution >= 4 is 32.9 Å². The van der Waals surface area contributed by atoms with Crippen molar-refractivity contribution in [2.24, 2.45) is 5.92 Å². The van der Waals surface area contributed by atoms with Crippen molar-refractivity contribution in [3.05, 3.63) is 22.3 Å². The Morgan fingerprint density at radius 1 is 1.00 bits per heavy atom. The molecule has 0 amide bonds. The lowest BCUT2D eigenvalue weighted by Crippen LogP contribution is -2.12. The Kier molecular flexibility index (Phi) is 4.02. The van der Waals surface area contributed by atoms with Gasteiger partial charge in [-0.25, -0.2) is 0 Å². The summed E-state index contributed by atoms with van der Waals surface area (Å²) < 4.78 is 0. The predicted octanol–water partition coefficient (Wildman–Crippen LogP) is 3.75. The average Bonchev–Trinajstić information content (AvgIpc) is 3.17. The molecule has 2 saturated carbocycles. The number of hydrogen-bond donors (Lipinski definition) is 2. The van der Waals surface area contributed by atoms with Crippen molar-refractivity contribution in [1.82, 2.24) is 20.4 Å². The number of nitrogens with zero attached hydrogens (tertiary/aromatic N) is 4. The molecule has 0 unspecified atom stereocenters. The van der Waals surface area contributed by atoms with Gasteiger partial charge >= 0.3 is 0 Å². The summed E-state index contributed by atoms with van der Waals surface area (Å²) in [5, 5.41) is 23.8. The fourth-order valence-electron chi connectivity index (χ4n) is 3.17. The Morgan fingerprint density at radius 3 is 2.35 bits per heavy atom. The summed E-state index contributed by atoms with van der Waals surface area (Å²) in [5.41, 5.74) is 6.80. The maximum absolute atomic E-state index is 5.72. The lowest BCUT2D eigenvalue weighted by Gasteiger charge is -2.25. The predicted molar refractivity (Wildman–Crippen MR) is 93.7 cm³/mol. The summed E-state index contributed by atoms with van der Waals surface area (Å²) in [7, 11) is 0.